The molecule has 0 aromatic carbocycles. The molecule has 1 unspecified atom stereocenters. The highest BCUT2D eigenvalue weighted by molar-refractivity contribution is 5.82. The van der Waals surface area contributed by atoms with E-state index in [1.165, 1.54) is 19.4 Å². The van der Waals surface area contributed by atoms with E-state index in [1.807, 2.05) is 12.1 Å². The lowest BCUT2D eigenvalue weighted by Gasteiger charge is -2.38. The van der Waals surface area contributed by atoms with E-state index in [0.717, 1.165) is 31.7 Å². The van der Waals surface area contributed by atoms with Gasteiger partial charge >= 0.3 is 0 Å². The van der Waals surface area contributed by atoms with E-state index in [4.69, 9.17) is 0 Å². The second-order valence-corrected chi connectivity index (χ2v) is 4.81. The Balaban J connectivity index is 1.82. The molecule has 0 aliphatic carbocycles. The molecule has 3 rings (SSSR count). The lowest BCUT2D eigenvalue weighted by molar-refractivity contribution is 0.112. The van der Waals surface area contributed by atoms with Crippen molar-refractivity contribution in [2.75, 3.05) is 31.1 Å². The Hall–Kier alpha value is -1.42. The van der Waals surface area contributed by atoms with Crippen molar-refractivity contribution in [2.24, 2.45) is 0 Å². The van der Waals surface area contributed by atoms with Crippen LogP contribution in [0.15, 0.2) is 18.3 Å². The van der Waals surface area contributed by atoms with E-state index < -0.39 is 0 Å². The zero-order valence-corrected chi connectivity index (χ0v) is 9.88. The first kappa shape index (κ1) is 10.7. The molecule has 17 heavy (non-hydrogen) atoms. The van der Waals surface area contributed by atoms with Crippen LogP contribution in [-0.4, -0.2) is 48.4 Å². The molecule has 0 bridgehead atoms. The molecule has 0 amide bonds. The average Bonchev–Trinajstić information content (AvgIpc) is 2.85. The van der Waals surface area contributed by atoms with Crippen molar-refractivity contribution in [3.63, 3.8) is 0 Å². The van der Waals surface area contributed by atoms with Crippen molar-refractivity contribution < 1.29 is 4.79 Å². The second kappa shape index (κ2) is 4.45. The van der Waals surface area contributed by atoms with Crippen molar-refractivity contribution in [3.05, 3.63) is 23.9 Å². The van der Waals surface area contributed by atoms with Crippen molar-refractivity contribution in [1.29, 1.82) is 0 Å². The number of carbonyl (C=O) groups is 1. The second-order valence-electron chi connectivity index (χ2n) is 4.81. The molecule has 4 heteroatoms. The van der Waals surface area contributed by atoms with Crippen LogP contribution in [0.2, 0.25) is 0 Å². The molecule has 3 heterocycles. The largest absolute Gasteiger partial charge is 0.353 e. The lowest BCUT2D eigenvalue weighted by atomic mass is 10.1. The summed E-state index contributed by atoms with van der Waals surface area (Å²) in [5, 5.41) is 0. The summed E-state index contributed by atoms with van der Waals surface area (Å²) >= 11 is 0. The van der Waals surface area contributed by atoms with E-state index in [2.05, 4.69) is 14.8 Å². The fourth-order valence-corrected chi connectivity index (χ4v) is 2.95. The van der Waals surface area contributed by atoms with E-state index >= 15 is 0 Å². The zero-order valence-electron chi connectivity index (χ0n) is 9.88. The highest BCUT2D eigenvalue weighted by Crippen LogP contribution is 2.25. The third-order valence-corrected chi connectivity index (χ3v) is 3.83. The number of pyridine rings is 1. The van der Waals surface area contributed by atoms with Gasteiger partial charge in [-0.2, -0.15) is 0 Å². The van der Waals surface area contributed by atoms with Gasteiger partial charge in [-0.05, 0) is 31.5 Å². The summed E-state index contributed by atoms with van der Waals surface area (Å²) in [5.41, 5.74) is 0.707. The molecule has 0 radical (unpaired) electrons. The fourth-order valence-electron chi connectivity index (χ4n) is 2.95. The lowest BCUT2D eigenvalue weighted by Crippen LogP contribution is -2.50. The minimum atomic E-state index is 0.658. The first-order chi connectivity index (χ1) is 8.38. The first-order valence-corrected chi connectivity index (χ1v) is 6.27. The number of aldehydes is 1. The van der Waals surface area contributed by atoms with Gasteiger partial charge in [0, 0.05) is 31.9 Å². The van der Waals surface area contributed by atoms with Gasteiger partial charge in [0.05, 0.1) is 5.56 Å². The molecule has 2 aliphatic heterocycles. The summed E-state index contributed by atoms with van der Waals surface area (Å²) in [6.45, 7) is 4.33. The van der Waals surface area contributed by atoms with Crippen molar-refractivity contribution in [3.8, 4) is 0 Å². The van der Waals surface area contributed by atoms with Crippen LogP contribution in [0, 0.1) is 0 Å². The highest BCUT2D eigenvalue weighted by atomic mass is 16.1. The first-order valence-electron chi connectivity index (χ1n) is 6.27. The van der Waals surface area contributed by atoms with Crippen LogP contribution in [0.3, 0.4) is 0 Å². The van der Waals surface area contributed by atoms with E-state index in [9.17, 15) is 4.79 Å². The molecule has 0 saturated carbocycles. The van der Waals surface area contributed by atoms with Crippen LogP contribution in [-0.2, 0) is 0 Å². The maximum atomic E-state index is 11.0. The molecule has 0 spiro atoms. The summed E-state index contributed by atoms with van der Waals surface area (Å²) in [4.78, 5) is 20.2. The minimum Gasteiger partial charge on any atom is -0.353 e. The Morgan fingerprint density at radius 3 is 3.18 bits per heavy atom. The summed E-state index contributed by atoms with van der Waals surface area (Å²) < 4.78 is 0. The van der Waals surface area contributed by atoms with Gasteiger partial charge in [0.25, 0.3) is 0 Å². The SMILES string of the molecule is O=Cc1cccnc1N1CCN2CCCC2C1. The Morgan fingerprint density at radius 1 is 1.35 bits per heavy atom. The van der Waals surface area contributed by atoms with Crippen LogP contribution in [0.4, 0.5) is 5.82 Å². The predicted octanol–water partition coefficient (Wildman–Crippen LogP) is 1.18. The number of carbonyl (C=O) groups excluding carboxylic acids is 1. The number of hydrogen-bond acceptors (Lipinski definition) is 4. The Bertz CT molecular complexity index is 421. The van der Waals surface area contributed by atoms with Gasteiger partial charge in [0.1, 0.15) is 5.82 Å². The van der Waals surface area contributed by atoms with Gasteiger partial charge in [0.15, 0.2) is 6.29 Å². The van der Waals surface area contributed by atoms with Crippen LogP contribution in [0.5, 0.6) is 0 Å². The summed E-state index contributed by atoms with van der Waals surface area (Å²) in [7, 11) is 0. The molecule has 4 nitrogen and oxygen atoms in total. The standard InChI is InChI=1S/C13H17N3O/c17-10-11-3-1-5-14-13(11)16-8-7-15-6-2-4-12(15)9-16/h1,3,5,10,12H,2,4,6-9H2. The van der Waals surface area contributed by atoms with Gasteiger partial charge in [0.2, 0.25) is 0 Å². The van der Waals surface area contributed by atoms with E-state index in [-0.39, 0.29) is 0 Å². The number of rotatable bonds is 2. The van der Waals surface area contributed by atoms with Crippen LogP contribution in [0.25, 0.3) is 0 Å². The molecule has 1 aromatic heterocycles. The number of fused-ring (bicyclic) bond motifs is 1. The molecular weight excluding hydrogens is 214 g/mol. The maximum Gasteiger partial charge on any atom is 0.153 e. The number of aromatic nitrogens is 1. The van der Waals surface area contributed by atoms with Crippen molar-refractivity contribution in [1.82, 2.24) is 9.88 Å². The van der Waals surface area contributed by atoms with Crippen LogP contribution in [0.1, 0.15) is 23.2 Å². The molecule has 0 N–H and O–H groups in total. The number of hydrogen-bond donors (Lipinski definition) is 0. The summed E-state index contributed by atoms with van der Waals surface area (Å²) in [5.74, 6) is 0.856. The Kier molecular flexibility index (Phi) is 2.81. The molecular formula is C13H17N3O. The van der Waals surface area contributed by atoms with E-state index in [1.54, 1.807) is 6.20 Å². The molecule has 2 saturated heterocycles. The van der Waals surface area contributed by atoms with Gasteiger partial charge in [-0.3, -0.25) is 9.69 Å². The quantitative estimate of drug-likeness (QED) is 0.716. The third kappa shape index (κ3) is 1.93. The summed E-state index contributed by atoms with van der Waals surface area (Å²) in [6, 6.07) is 4.32. The molecule has 90 valence electrons. The monoisotopic (exact) mass is 231 g/mol. The van der Waals surface area contributed by atoms with Gasteiger partial charge in [-0.15, -0.1) is 0 Å². The number of piperazine rings is 1. The average molecular weight is 231 g/mol. The van der Waals surface area contributed by atoms with Crippen LogP contribution < -0.4 is 4.90 Å². The smallest absolute Gasteiger partial charge is 0.153 e. The Morgan fingerprint density at radius 2 is 2.29 bits per heavy atom. The topological polar surface area (TPSA) is 36.4 Å². The normalized spacial score (nSPS) is 24.7. The zero-order chi connectivity index (χ0) is 11.7. The third-order valence-electron chi connectivity index (χ3n) is 3.83. The molecule has 2 aliphatic rings. The summed E-state index contributed by atoms with van der Waals surface area (Å²) in [6.07, 6.45) is 5.26. The van der Waals surface area contributed by atoms with Gasteiger partial charge < -0.3 is 4.90 Å². The Labute approximate surface area is 101 Å². The number of anilines is 1. The molecule has 2 fully saturated rings. The van der Waals surface area contributed by atoms with E-state index in [0.29, 0.717) is 11.6 Å². The fraction of sp³-hybridized carbons (Fsp3) is 0.538. The molecule has 1 aromatic rings. The highest BCUT2D eigenvalue weighted by Gasteiger charge is 2.31. The predicted molar refractivity (Wildman–Crippen MR) is 66.4 cm³/mol. The minimum absolute atomic E-state index is 0.658. The van der Waals surface area contributed by atoms with Gasteiger partial charge in [-0.25, -0.2) is 4.98 Å². The van der Waals surface area contributed by atoms with Crippen molar-refractivity contribution >= 4 is 12.1 Å². The van der Waals surface area contributed by atoms with Crippen molar-refractivity contribution in [2.45, 2.75) is 18.9 Å². The van der Waals surface area contributed by atoms with Crippen LogP contribution >= 0.6 is 0 Å². The maximum absolute atomic E-state index is 11.0. The molecule has 1 atom stereocenters. The number of nitrogens with zero attached hydrogens (tertiary/aromatic N) is 3. The van der Waals surface area contributed by atoms with Gasteiger partial charge in [-0.1, -0.05) is 0 Å².